The Kier molecular flexibility index (Phi) is 7.64. The van der Waals surface area contributed by atoms with E-state index in [4.69, 9.17) is 4.74 Å². The van der Waals surface area contributed by atoms with Gasteiger partial charge in [0, 0.05) is 43.3 Å². The highest BCUT2D eigenvalue weighted by atomic mass is 16.6. The van der Waals surface area contributed by atoms with Crippen LogP contribution in [0.15, 0.2) is 24.3 Å². The molecule has 148 valence electrons. The van der Waals surface area contributed by atoms with Gasteiger partial charge in [0.1, 0.15) is 0 Å². The minimum Gasteiger partial charge on any atom is -0.450 e. The largest absolute Gasteiger partial charge is 0.450 e. The topological polar surface area (TPSA) is 79.0 Å². The molecule has 3 amide bonds. The van der Waals surface area contributed by atoms with Gasteiger partial charge >= 0.3 is 6.09 Å². The summed E-state index contributed by atoms with van der Waals surface area (Å²) in [4.78, 5) is 40.2. The van der Waals surface area contributed by atoms with Crippen molar-refractivity contribution in [3.05, 3.63) is 35.4 Å². The Morgan fingerprint density at radius 1 is 1.11 bits per heavy atom. The van der Waals surface area contributed by atoms with Crippen molar-refractivity contribution < 1.29 is 19.1 Å². The first kappa shape index (κ1) is 20.7. The van der Waals surface area contributed by atoms with Crippen LogP contribution in [0.1, 0.15) is 54.3 Å². The van der Waals surface area contributed by atoms with Crippen LogP contribution >= 0.6 is 0 Å². The predicted molar refractivity (Wildman–Crippen MR) is 103 cm³/mol. The number of carbonyl (C=O) groups is 3. The Hall–Kier alpha value is -2.57. The molecule has 7 heteroatoms. The lowest BCUT2D eigenvalue weighted by atomic mass is 10.0. The quantitative estimate of drug-likeness (QED) is 0.829. The summed E-state index contributed by atoms with van der Waals surface area (Å²) in [6.45, 7) is 8.38. The summed E-state index contributed by atoms with van der Waals surface area (Å²) in [5.41, 5.74) is 0.990. The number of nitrogens with one attached hydrogen (secondary N) is 1. The van der Waals surface area contributed by atoms with Crippen LogP contribution in [0.5, 0.6) is 0 Å². The van der Waals surface area contributed by atoms with Gasteiger partial charge in [-0.2, -0.15) is 0 Å². The number of amides is 3. The Balaban J connectivity index is 1.94. The predicted octanol–water partition coefficient (Wildman–Crippen LogP) is 2.52. The third-order valence-corrected chi connectivity index (χ3v) is 4.78. The lowest BCUT2D eigenvalue weighted by molar-refractivity contribution is 0.0772. The molecule has 0 aromatic heterocycles. The average Bonchev–Trinajstić information content (AvgIpc) is 2.69. The number of carbonyl (C=O) groups excluding carboxylic acids is 3. The van der Waals surface area contributed by atoms with Gasteiger partial charge in [-0.25, -0.2) is 4.79 Å². The van der Waals surface area contributed by atoms with Crippen LogP contribution in [0.3, 0.4) is 0 Å². The SMILES string of the molecule is CCOC(=O)N1CCC(NC(=O)c2cccc(C(=O)N(CC)CC)c2)CC1. The van der Waals surface area contributed by atoms with E-state index in [-0.39, 0.29) is 23.9 Å². The van der Waals surface area contributed by atoms with Gasteiger partial charge in [-0.1, -0.05) is 6.07 Å². The Morgan fingerprint density at radius 2 is 1.74 bits per heavy atom. The normalized spacial score (nSPS) is 14.6. The first-order chi connectivity index (χ1) is 13.0. The van der Waals surface area contributed by atoms with E-state index in [0.717, 1.165) is 0 Å². The van der Waals surface area contributed by atoms with E-state index in [1.807, 2.05) is 13.8 Å². The molecule has 1 aromatic carbocycles. The highest BCUT2D eigenvalue weighted by Crippen LogP contribution is 2.14. The molecule has 0 unspecified atom stereocenters. The van der Waals surface area contributed by atoms with E-state index in [1.54, 1.807) is 41.0 Å². The minimum atomic E-state index is -0.301. The number of nitrogens with zero attached hydrogens (tertiary/aromatic N) is 2. The van der Waals surface area contributed by atoms with E-state index in [2.05, 4.69) is 5.32 Å². The van der Waals surface area contributed by atoms with Crippen molar-refractivity contribution in [2.24, 2.45) is 0 Å². The first-order valence-electron chi connectivity index (χ1n) is 9.62. The molecule has 0 aliphatic carbocycles. The third kappa shape index (κ3) is 5.45. The van der Waals surface area contributed by atoms with Gasteiger partial charge < -0.3 is 19.9 Å². The highest BCUT2D eigenvalue weighted by molar-refractivity contribution is 5.99. The van der Waals surface area contributed by atoms with Crippen molar-refractivity contribution >= 4 is 17.9 Å². The molecule has 1 aliphatic heterocycles. The molecule has 7 nitrogen and oxygen atoms in total. The molecule has 2 rings (SSSR count). The fourth-order valence-corrected chi connectivity index (χ4v) is 3.18. The molecule has 0 atom stereocenters. The summed E-state index contributed by atoms with van der Waals surface area (Å²) >= 11 is 0. The van der Waals surface area contributed by atoms with Gasteiger partial charge in [0.2, 0.25) is 0 Å². The number of hydrogen-bond donors (Lipinski definition) is 1. The van der Waals surface area contributed by atoms with Gasteiger partial charge in [0.15, 0.2) is 0 Å². The summed E-state index contributed by atoms with van der Waals surface area (Å²) < 4.78 is 5.00. The Bertz CT molecular complexity index is 665. The van der Waals surface area contributed by atoms with Gasteiger partial charge in [-0.05, 0) is 51.8 Å². The van der Waals surface area contributed by atoms with Crippen molar-refractivity contribution in [2.45, 2.75) is 39.7 Å². The van der Waals surface area contributed by atoms with E-state index < -0.39 is 0 Å². The molecule has 1 heterocycles. The third-order valence-electron chi connectivity index (χ3n) is 4.78. The Labute approximate surface area is 160 Å². The van der Waals surface area contributed by atoms with Crippen molar-refractivity contribution in [1.82, 2.24) is 15.1 Å². The van der Waals surface area contributed by atoms with Crippen LogP contribution < -0.4 is 5.32 Å². The first-order valence-corrected chi connectivity index (χ1v) is 9.62. The second-order valence-corrected chi connectivity index (χ2v) is 6.49. The molecule has 0 spiro atoms. The molecule has 0 saturated carbocycles. The number of piperidine rings is 1. The maximum absolute atomic E-state index is 12.6. The van der Waals surface area contributed by atoms with Gasteiger partial charge in [0.05, 0.1) is 6.61 Å². The number of ether oxygens (including phenoxy) is 1. The van der Waals surface area contributed by atoms with E-state index in [0.29, 0.717) is 56.8 Å². The van der Waals surface area contributed by atoms with Crippen molar-refractivity contribution in [3.8, 4) is 0 Å². The second-order valence-electron chi connectivity index (χ2n) is 6.49. The zero-order valence-corrected chi connectivity index (χ0v) is 16.4. The van der Waals surface area contributed by atoms with Crippen molar-refractivity contribution in [1.29, 1.82) is 0 Å². The van der Waals surface area contributed by atoms with E-state index in [9.17, 15) is 14.4 Å². The van der Waals surface area contributed by atoms with Gasteiger partial charge in [0.25, 0.3) is 11.8 Å². The minimum absolute atomic E-state index is 0.00492. The fourth-order valence-electron chi connectivity index (χ4n) is 3.18. The monoisotopic (exact) mass is 375 g/mol. The van der Waals surface area contributed by atoms with Crippen LogP contribution in [0.25, 0.3) is 0 Å². The lowest BCUT2D eigenvalue weighted by Gasteiger charge is -2.31. The molecule has 1 N–H and O–H groups in total. The summed E-state index contributed by atoms with van der Waals surface area (Å²) in [6, 6.07) is 6.82. The van der Waals surface area contributed by atoms with Gasteiger partial charge in [-0.3, -0.25) is 9.59 Å². The molecule has 1 saturated heterocycles. The molecule has 0 radical (unpaired) electrons. The van der Waals surface area contributed by atoms with Crippen LogP contribution in [0, 0.1) is 0 Å². The van der Waals surface area contributed by atoms with Crippen molar-refractivity contribution in [2.75, 3.05) is 32.8 Å². The molecule has 1 fully saturated rings. The zero-order valence-electron chi connectivity index (χ0n) is 16.4. The van der Waals surface area contributed by atoms with Gasteiger partial charge in [-0.15, -0.1) is 0 Å². The molecular formula is C20H29N3O4. The zero-order chi connectivity index (χ0) is 19.8. The van der Waals surface area contributed by atoms with Crippen LogP contribution in [0.4, 0.5) is 4.79 Å². The number of hydrogen-bond acceptors (Lipinski definition) is 4. The van der Waals surface area contributed by atoms with E-state index in [1.165, 1.54) is 0 Å². The number of rotatable bonds is 6. The molecule has 1 aromatic rings. The number of benzene rings is 1. The molecule has 0 bridgehead atoms. The average molecular weight is 375 g/mol. The standard InChI is InChI=1S/C20H29N3O4/c1-4-22(5-2)19(25)16-9-7-8-15(14-16)18(24)21-17-10-12-23(13-11-17)20(26)27-6-3/h7-9,14,17H,4-6,10-13H2,1-3H3,(H,21,24). The molecule has 27 heavy (non-hydrogen) atoms. The fraction of sp³-hybridized carbons (Fsp3) is 0.550. The molecule has 1 aliphatic rings. The maximum Gasteiger partial charge on any atom is 0.409 e. The maximum atomic E-state index is 12.6. The molecular weight excluding hydrogens is 346 g/mol. The summed E-state index contributed by atoms with van der Waals surface area (Å²) in [5.74, 6) is -0.267. The van der Waals surface area contributed by atoms with E-state index >= 15 is 0 Å². The van der Waals surface area contributed by atoms with Crippen LogP contribution in [0.2, 0.25) is 0 Å². The smallest absolute Gasteiger partial charge is 0.409 e. The van der Waals surface area contributed by atoms with Crippen molar-refractivity contribution in [3.63, 3.8) is 0 Å². The van der Waals surface area contributed by atoms with Crippen LogP contribution in [-0.4, -0.2) is 66.5 Å². The Morgan fingerprint density at radius 3 is 2.33 bits per heavy atom. The summed E-state index contributed by atoms with van der Waals surface area (Å²) in [5, 5.41) is 3.01. The second kappa shape index (κ2) is 9.94. The van der Waals surface area contributed by atoms with Crippen LogP contribution in [-0.2, 0) is 4.74 Å². The lowest BCUT2D eigenvalue weighted by Crippen LogP contribution is -2.46. The summed E-state index contributed by atoms with van der Waals surface area (Å²) in [6.07, 6.45) is 1.07. The summed E-state index contributed by atoms with van der Waals surface area (Å²) in [7, 11) is 0. The number of likely N-dealkylation sites (tertiary alicyclic amines) is 1. The highest BCUT2D eigenvalue weighted by Gasteiger charge is 2.25.